The number of likely N-dealkylation sites (tertiary alicyclic amines) is 1. The summed E-state index contributed by atoms with van der Waals surface area (Å²) in [4.78, 5) is 22.3. The van der Waals surface area contributed by atoms with Crippen LogP contribution in [0.4, 0.5) is 4.79 Å². The summed E-state index contributed by atoms with van der Waals surface area (Å²) in [6, 6.07) is -0.304. The number of aromatic nitrogens is 2. The molecular weight excluding hydrogens is 370 g/mol. The van der Waals surface area contributed by atoms with Crippen LogP contribution < -0.4 is 10.1 Å². The van der Waals surface area contributed by atoms with Gasteiger partial charge in [-0.05, 0) is 12.8 Å². The van der Waals surface area contributed by atoms with Gasteiger partial charge in [0.1, 0.15) is 6.10 Å². The monoisotopic (exact) mass is 397 g/mol. The third-order valence-corrected chi connectivity index (χ3v) is 6.38. The minimum absolute atomic E-state index is 0.0184. The average molecular weight is 398 g/mol. The number of ether oxygens (including phenoxy) is 1. The molecule has 2 saturated heterocycles. The molecule has 0 aromatic carbocycles. The second-order valence-corrected chi connectivity index (χ2v) is 8.99. The molecule has 0 spiro atoms. The van der Waals surface area contributed by atoms with Gasteiger partial charge < -0.3 is 15.0 Å². The largest absolute Gasteiger partial charge is 0.473 e. The molecule has 3 rings (SSSR count). The third-order valence-electron chi connectivity index (χ3n) is 5.04. The van der Waals surface area contributed by atoms with E-state index in [1.165, 1.54) is 10.6 Å². The lowest BCUT2D eigenvalue weighted by Gasteiger charge is -2.35. The Kier molecular flexibility index (Phi) is 6.48. The maximum absolute atomic E-state index is 12.4. The number of urea groups is 1. The molecule has 0 saturated carbocycles. The van der Waals surface area contributed by atoms with Crippen LogP contribution in [0.15, 0.2) is 18.6 Å². The van der Waals surface area contributed by atoms with Gasteiger partial charge in [-0.15, -0.1) is 0 Å². The Morgan fingerprint density at radius 3 is 2.67 bits per heavy atom. The highest BCUT2D eigenvalue weighted by Crippen LogP contribution is 2.20. The first-order valence-electron chi connectivity index (χ1n) is 9.36. The lowest BCUT2D eigenvalue weighted by molar-refractivity contribution is 0.106. The molecule has 1 unspecified atom stereocenters. The van der Waals surface area contributed by atoms with E-state index in [0.29, 0.717) is 32.1 Å². The van der Waals surface area contributed by atoms with Gasteiger partial charge in [0.05, 0.1) is 12.5 Å². The molecule has 0 aliphatic carbocycles. The number of nitrogens with one attached hydrogen (secondary N) is 1. The van der Waals surface area contributed by atoms with Gasteiger partial charge in [-0.25, -0.2) is 18.2 Å². The minimum Gasteiger partial charge on any atom is -0.473 e. The third kappa shape index (κ3) is 5.52. The maximum atomic E-state index is 12.4. The van der Waals surface area contributed by atoms with Gasteiger partial charge in [0.2, 0.25) is 15.9 Å². The van der Waals surface area contributed by atoms with E-state index >= 15 is 0 Å². The van der Waals surface area contributed by atoms with Crippen molar-refractivity contribution in [2.75, 3.05) is 32.4 Å². The van der Waals surface area contributed by atoms with Gasteiger partial charge in [-0.3, -0.25) is 4.98 Å². The summed E-state index contributed by atoms with van der Waals surface area (Å²) < 4.78 is 31.1. The van der Waals surface area contributed by atoms with Crippen molar-refractivity contribution in [2.24, 2.45) is 0 Å². The number of nitrogens with zero attached hydrogens (tertiary/aromatic N) is 4. The predicted molar refractivity (Wildman–Crippen MR) is 99.8 cm³/mol. The molecule has 27 heavy (non-hydrogen) atoms. The number of hydrogen-bond acceptors (Lipinski definition) is 6. The van der Waals surface area contributed by atoms with Gasteiger partial charge >= 0.3 is 6.03 Å². The molecule has 2 aliphatic rings. The molecular formula is C17H27N5O4S. The van der Waals surface area contributed by atoms with Crippen molar-refractivity contribution < 1.29 is 17.9 Å². The van der Waals surface area contributed by atoms with Gasteiger partial charge in [0.25, 0.3) is 0 Å². The van der Waals surface area contributed by atoms with Gasteiger partial charge in [0, 0.05) is 57.5 Å². The highest BCUT2D eigenvalue weighted by molar-refractivity contribution is 7.88. The zero-order chi connectivity index (χ0) is 19.3. The number of hydrogen-bond donors (Lipinski definition) is 1. The van der Waals surface area contributed by atoms with Crippen molar-refractivity contribution >= 4 is 16.1 Å². The molecule has 2 fully saturated rings. The van der Waals surface area contributed by atoms with Crippen molar-refractivity contribution in [3.8, 4) is 5.88 Å². The fourth-order valence-electron chi connectivity index (χ4n) is 3.63. The fourth-order valence-corrected chi connectivity index (χ4v) is 4.81. The number of piperidine rings is 2. The van der Waals surface area contributed by atoms with Gasteiger partial charge in [-0.1, -0.05) is 6.42 Å². The lowest BCUT2D eigenvalue weighted by Crippen LogP contribution is -2.52. The summed E-state index contributed by atoms with van der Waals surface area (Å²) in [5, 5.41) is 2.91. The smallest absolute Gasteiger partial charge is 0.317 e. The first-order chi connectivity index (χ1) is 12.9. The number of amides is 2. The van der Waals surface area contributed by atoms with E-state index in [0.717, 1.165) is 32.1 Å². The van der Waals surface area contributed by atoms with Crippen LogP contribution in [0.5, 0.6) is 5.88 Å². The second kappa shape index (κ2) is 8.83. The summed E-state index contributed by atoms with van der Waals surface area (Å²) in [5.74, 6) is 0.499. The first kappa shape index (κ1) is 19.8. The highest BCUT2D eigenvalue weighted by atomic mass is 32.2. The van der Waals surface area contributed by atoms with Crippen molar-refractivity contribution in [1.82, 2.24) is 24.5 Å². The van der Waals surface area contributed by atoms with Crippen molar-refractivity contribution in [3.63, 3.8) is 0 Å². The Morgan fingerprint density at radius 1 is 1.22 bits per heavy atom. The summed E-state index contributed by atoms with van der Waals surface area (Å²) in [7, 11) is -3.24. The summed E-state index contributed by atoms with van der Waals surface area (Å²) >= 11 is 0. The average Bonchev–Trinajstić information content (AvgIpc) is 2.67. The molecule has 1 aromatic heterocycles. The summed E-state index contributed by atoms with van der Waals surface area (Å²) in [5.41, 5.74) is 0. The van der Waals surface area contributed by atoms with Crippen LogP contribution in [0.2, 0.25) is 0 Å². The summed E-state index contributed by atoms with van der Waals surface area (Å²) in [6.45, 7) is 2.07. The van der Waals surface area contributed by atoms with Crippen LogP contribution in [0.3, 0.4) is 0 Å². The minimum atomic E-state index is -3.24. The number of carbonyl (C=O) groups excluding carboxylic acids is 1. The molecule has 2 amide bonds. The highest BCUT2D eigenvalue weighted by Gasteiger charge is 2.30. The van der Waals surface area contributed by atoms with Crippen LogP contribution in [-0.4, -0.2) is 78.2 Å². The number of carbonyl (C=O) groups is 1. The topological polar surface area (TPSA) is 105 Å². The maximum Gasteiger partial charge on any atom is 0.317 e. The quantitative estimate of drug-likeness (QED) is 0.790. The first-order valence-corrected chi connectivity index (χ1v) is 11.2. The molecule has 1 aromatic rings. The Hall–Kier alpha value is -1.94. The molecule has 3 heterocycles. The van der Waals surface area contributed by atoms with Crippen molar-refractivity contribution in [2.45, 2.75) is 44.2 Å². The van der Waals surface area contributed by atoms with Crippen LogP contribution in [-0.2, 0) is 10.0 Å². The van der Waals surface area contributed by atoms with Crippen LogP contribution in [0, 0.1) is 0 Å². The Balaban J connectivity index is 1.44. The lowest BCUT2D eigenvalue weighted by atomic mass is 10.1. The summed E-state index contributed by atoms with van der Waals surface area (Å²) in [6.07, 6.45) is 10.1. The van der Waals surface area contributed by atoms with Gasteiger partial charge in [-0.2, -0.15) is 4.31 Å². The normalized spacial score (nSPS) is 22.4. The van der Waals surface area contributed by atoms with Crippen molar-refractivity contribution in [3.05, 3.63) is 18.6 Å². The molecule has 0 radical (unpaired) electrons. The molecule has 10 heteroatoms. The van der Waals surface area contributed by atoms with E-state index in [1.54, 1.807) is 23.5 Å². The number of sulfonamides is 1. The molecule has 9 nitrogen and oxygen atoms in total. The predicted octanol–water partition coefficient (Wildman–Crippen LogP) is 0.844. The van der Waals surface area contributed by atoms with Gasteiger partial charge in [0.15, 0.2) is 0 Å². The van der Waals surface area contributed by atoms with E-state index in [-0.39, 0.29) is 18.2 Å². The molecule has 2 aliphatic heterocycles. The number of rotatable bonds is 5. The zero-order valence-electron chi connectivity index (χ0n) is 15.6. The van der Waals surface area contributed by atoms with Crippen LogP contribution in [0.25, 0.3) is 0 Å². The Bertz CT molecular complexity index is 722. The Labute approximate surface area is 160 Å². The molecule has 150 valence electrons. The molecule has 1 N–H and O–H groups in total. The van der Waals surface area contributed by atoms with Crippen molar-refractivity contribution in [1.29, 1.82) is 0 Å². The molecule has 0 bridgehead atoms. The van der Waals surface area contributed by atoms with E-state index in [4.69, 9.17) is 4.74 Å². The standard InChI is InChI=1S/C17H27N5O4S/c1-27(24,25)22-9-3-2-4-14(22)12-20-17(23)21-10-5-15(6-11-21)26-16-13-18-7-8-19-16/h7-8,13-15H,2-6,9-12H2,1H3,(H,20,23). The fraction of sp³-hybridized carbons (Fsp3) is 0.706. The van der Waals surface area contributed by atoms with E-state index in [9.17, 15) is 13.2 Å². The van der Waals surface area contributed by atoms with E-state index in [1.807, 2.05) is 0 Å². The van der Waals surface area contributed by atoms with Crippen LogP contribution >= 0.6 is 0 Å². The SMILES string of the molecule is CS(=O)(=O)N1CCCCC1CNC(=O)N1CCC(Oc2cnccn2)CC1. The van der Waals surface area contributed by atoms with E-state index < -0.39 is 10.0 Å². The Morgan fingerprint density at radius 2 is 2.00 bits per heavy atom. The van der Waals surface area contributed by atoms with E-state index in [2.05, 4.69) is 15.3 Å². The molecule has 1 atom stereocenters. The van der Waals surface area contributed by atoms with Crippen LogP contribution in [0.1, 0.15) is 32.1 Å². The second-order valence-electron chi connectivity index (χ2n) is 7.06. The zero-order valence-corrected chi connectivity index (χ0v) is 16.4.